The van der Waals surface area contributed by atoms with Gasteiger partial charge in [0.05, 0.1) is 14.2 Å². The number of hydrogen-bond acceptors (Lipinski definition) is 4. The van der Waals surface area contributed by atoms with E-state index in [1.54, 1.807) is 26.4 Å². The summed E-state index contributed by atoms with van der Waals surface area (Å²) < 4.78 is 10.8. The lowest BCUT2D eigenvalue weighted by atomic mass is 10.00. The number of nitrogens with one attached hydrogen (secondary N) is 1. The van der Waals surface area contributed by atoms with Crippen molar-refractivity contribution in [1.82, 2.24) is 5.32 Å². The number of amides is 1. The third-order valence-electron chi connectivity index (χ3n) is 4.95. The largest absolute Gasteiger partial charge is 0.497 e. The van der Waals surface area contributed by atoms with Crippen LogP contribution in [0.5, 0.6) is 11.5 Å². The topological polar surface area (TPSA) is 73.6 Å². The predicted octanol–water partition coefficient (Wildman–Crippen LogP) is 4.32. The van der Waals surface area contributed by atoms with Crippen LogP contribution >= 0.6 is 0 Å². The maximum Gasteiger partial charge on any atom is 0.248 e. The molecule has 1 amide bonds. The molecule has 0 aliphatic carbocycles. The average molecular weight is 390 g/mol. The Balaban J connectivity index is 1.78. The van der Waals surface area contributed by atoms with Crippen LogP contribution < -0.4 is 20.5 Å². The van der Waals surface area contributed by atoms with Crippen LogP contribution in [0.25, 0.3) is 11.1 Å². The van der Waals surface area contributed by atoms with Crippen molar-refractivity contribution >= 4 is 5.91 Å². The summed E-state index contributed by atoms with van der Waals surface area (Å²) in [5.41, 5.74) is 10.1. The normalized spacial score (nSPS) is 11.7. The zero-order chi connectivity index (χ0) is 20.8. The molecule has 1 atom stereocenters. The fraction of sp³-hybridized carbons (Fsp3) is 0.208. The molecule has 0 radical (unpaired) electrons. The predicted molar refractivity (Wildman–Crippen MR) is 115 cm³/mol. The second-order valence-corrected chi connectivity index (χ2v) is 6.86. The lowest BCUT2D eigenvalue weighted by Crippen LogP contribution is -2.18. The molecule has 0 aliphatic heterocycles. The quantitative estimate of drug-likeness (QED) is 0.601. The number of rotatable bonds is 8. The monoisotopic (exact) mass is 390 g/mol. The summed E-state index contributed by atoms with van der Waals surface area (Å²) in [6.07, 6.45) is 0. The summed E-state index contributed by atoms with van der Waals surface area (Å²) >= 11 is 0. The van der Waals surface area contributed by atoms with Crippen molar-refractivity contribution in [2.75, 3.05) is 14.2 Å². The third-order valence-corrected chi connectivity index (χ3v) is 4.95. The first-order chi connectivity index (χ1) is 14.0. The molecule has 0 fully saturated rings. The van der Waals surface area contributed by atoms with Gasteiger partial charge in [0.2, 0.25) is 5.91 Å². The molecule has 150 valence electrons. The molecule has 3 aromatic carbocycles. The first-order valence-electron chi connectivity index (χ1n) is 9.46. The molecule has 3 N–H and O–H groups in total. The molecule has 0 unspecified atom stereocenters. The fourth-order valence-corrected chi connectivity index (χ4v) is 3.20. The van der Waals surface area contributed by atoms with Crippen molar-refractivity contribution in [3.05, 3.63) is 83.4 Å². The van der Waals surface area contributed by atoms with Crippen molar-refractivity contribution in [2.45, 2.75) is 19.5 Å². The summed E-state index contributed by atoms with van der Waals surface area (Å²) in [7, 11) is 3.32. The number of hydrogen-bond donors (Lipinski definition) is 2. The van der Waals surface area contributed by atoms with Crippen LogP contribution in [-0.4, -0.2) is 20.1 Å². The minimum Gasteiger partial charge on any atom is -0.497 e. The zero-order valence-electron chi connectivity index (χ0n) is 16.9. The highest BCUT2D eigenvalue weighted by atomic mass is 16.5. The number of ether oxygens (including phenoxy) is 2. The molecule has 0 spiro atoms. The lowest BCUT2D eigenvalue weighted by molar-refractivity contribution is 0.100. The van der Waals surface area contributed by atoms with Crippen LogP contribution in [0.3, 0.4) is 0 Å². The van der Waals surface area contributed by atoms with Gasteiger partial charge in [-0.2, -0.15) is 0 Å². The number of primary amides is 1. The van der Waals surface area contributed by atoms with E-state index in [1.165, 1.54) is 5.56 Å². The van der Waals surface area contributed by atoms with E-state index < -0.39 is 5.91 Å². The minimum atomic E-state index is -0.437. The molecule has 3 rings (SSSR count). The van der Waals surface area contributed by atoms with Gasteiger partial charge in [-0.05, 0) is 60.0 Å². The highest BCUT2D eigenvalue weighted by Crippen LogP contribution is 2.31. The Morgan fingerprint density at radius 3 is 2.41 bits per heavy atom. The molecule has 0 aromatic heterocycles. The first-order valence-corrected chi connectivity index (χ1v) is 9.46. The van der Waals surface area contributed by atoms with Crippen molar-refractivity contribution in [1.29, 1.82) is 0 Å². The summed E-state index contributed by atoms with van der Waals surface area (Å²) in [5.74, 6) is 1.19. The molecule has 5 heteroatoms. The Bertz CT molecular complexity index is 984. The fourth-order valence-electron chi connectivity index (χ4n) is 3.20. The van der Waals surface area contributed by atoms with Crippen LogP contribution in [0.4, 0.5) is 0 Å². The SMILES string of the molecule is COc1cccc([C@@H](C)NCc2ccc(OC)c(-c3ccc(C(N)=O)cc3)c2)c1. The number of nitrogens with two attached hydrogens (primary N) is 1. The van der Waals surface area contributed by atoms with Crippen LogP contribution in [-0.2, 0) is 6.54 Å². The third kappa shape index (κ3) is 4.95. The smallest absolute Gasteiger partial charge is 0.248 e. The first kappa shape index (κ1) is 20.4. The average Bonchev–Trinajstić information content (AvgIpc) is 2.77. The van der Waals surface area contributed by atoms with E-state index in [0.29, 0.717) is 12.1 Å². The van der Waals surface area contributed by atoms with E-state index in [9.17, 15) is 4.79 Å². The molecular weight excluding hydrogens is 364 g/mol. The van der Waals surface area contributed by atoms with E-state index in [2.05, 4.69) is 24.4 Å². The molecule has 0 saturated heterocycles. The Morgan fingerprint density at radius 2 is 1.76 bits per heavy atom. The second-order valence-electron chi connectivity index (χ2n) is 6.86. The van der Waals surface area contributed by atoms with Crippen molar-refractivity contribution in [2.24, 2.45) is 5.73 Å². The lowest BCUT2D eigenvalue weighted by Gasteiger charge is -2.16. The highest BCUT2D eigenvalue weighted by Gasteiger charge is 2.10. The van der Waals surface area contributed by atoms with E-state index in [-0.39, 0.29) is 6.04 Å². The van der Waals surface area contributed by atoms with Gasteiger partial charge >= 0.3 is 0 Å². The van der Waals surface area contributed by atoms with Gasteiger partial charge in [-0.3, -0.25) is 4.79 Å². The molecule has 5 nitrogen and oxygen atoms in total. The van der Waals surface area contributed by atoms with Crippen LogP contribution in [0.1, 0.15) is 34.5 Å². The number of methoxy groups -OCH3 is 2. The molecule has 29 heavy (non-hydrogen) atoms. The van der Waals surface area contributed by atoms with Gasteiger partial charge in [0.15, 0.2) is 0 Å². The Labute approximate surface area is 171 Å². The Hall–Kier alpha value is -3.31. The molecule has 0 aliphatic rings. The molecule has 0 saturated carbocycles. The summed E-state index contributed by atoms with van der Waals surface area (Å²) in [6.45, 7) is 2.83. The maximum absolute atomic E-state index is 11.3. The van der Waals surface area contributed by atoms with Crippen molar-refractivity contribution in [3.63, 3.8) is 0 Å². The van der Waals surface area contributed by atoms with E-state index in [4.69, 9.17) is 15.2 Å². The number of carbonyl (C=O) groups is 1. The van der Waals surface area contributed by atoms with Crippen LogP contribution in [0, 0.1) is 0 Å². The van der Waals surface area contributed by atoms with Gasteiger partial charge in [0.1, 0.15) is 11.5 Å². The summed E-state index contributed by atoms with van der Waals surface area (Å²) in [5, 5.41) is 3.55. The van der Waals surface area contributed by atoms with Crippen LogP contribution in [0.2, 0.25) is 0 Å². The molecule has 0 bridgehead atoms. The van der Waals surface area contributed by atoms with Gasteiger partial charge in [0, 0.05) is 23.7 Å². The number of carbonyl (C=O) groups excluding carboxylic acids is 1. The molecular formula is C24H26N2O3. The van der Waals surface area contributed by atoms with E-state index in [0.717, 1.165) is 28.2 Å². The summed E-state index contributed by atoms with van der Waals surface area (Å²) in [6, 6.07) is 21.6. The van der Waals surface area contributed by atoms with E-state index in [1.807, 2.05) is 42.5 Å². The minimum absolute atomic E-state index is 0.172. The highest BCUT2D eigenvalue weighted by molar-refractivity contribution is 5.93. The standard InChI is InChI=1S/C24H26N2O3/c1-16(20-5-4-6-21(14-20)28-2)26-15-17-7-12-23(29-3)22(13-17)18-8-10-19(11-9-18)24(25)27/h4-14,16,26H,15H2,1-3H3,(H2,25,27)/t16-/m1/s1. The van der Waals surface area contributed by atoms with Gasteiger partial charge in [-0.1, -0.05) is 30.3 Å². The van der Waals surface area contributed by atoms with Gasteiger partial charge in [0.25, 0.3) is 0 Å². The van der Waals surface area contributed by atoms with Crippen molar-refractivity contribution in [3.8, 4) is 22.6 Å². The van der Waals surface area contributed by atoms with Gasteiger partial charge < -0.3 is 20.5 Å². The van der Waals surface area contributed by atoms with Gasteiger partial charge in [-0.25, -0.2) is 0 Å². The van der Waals surface area contributed by atoms with E-state index >= 15 is 0 Å². The van der Waals surface area contributed by atoms with Crippen molar-refractivity contribution < 1.29 is 14.3 Å². The Kier molecular flexibility index (Phi) is 6.52. The number of benzene rings is 3. The Morgan fingerprint density at radius 1 is 1.00 bits per heavy atom. The maximum atomic E-state index is 11.3. The van der Waals surface area contributed by atoms with Crippen LogP contribution in [0.15, 0.2) is 66.7 Å². The summed E-state index contributed by atoms with van der Waals surface area (Å²) in [4.78, 5) is 11.3. The van der Waals surface area contributed by atoms with Gasteiger partial charge in [-0.15, -0.1) is 0 Å². The zero-order valence-corrected chi connectivity index (χ0v) is 16.9. The second kappa shape index (κ2) is 9.26. The molecule has 3 aromatic rings. The molecule has 0 heterocycles.